The summed E-state index contributed by atoms with van der Waals surface area (Å²) in [6, 6.07) is 9.39. The number of hydrogen-bond acceptors (Lipinski definition) is 5. The maximum absolute atomic E-state index is 13.1. The summed E-state index contributed by atoms with van der Waals surface area (Å²) in [6.07, 6.45) is 1.85. The Bertz CT molecular complexity index is 902. The summed E-state index contributed by atoms with van der Waals surface area (Å²) in [5.74, 6) is -0.214. The number of anilines is 1. The molecule has 3 rings (SSSR count). The highest BCUT2D eigenvalue weighted by Gasteiger charge is 2.53. The predicted octanol–water partition coefficient (Wildman–Crippen LogP) is 2.73. The van der Waals surface area contributed by atoms with Crippen LogP contribution in [0.25, 0.3) is 5.69 Å². The highest BCUT2D eigenvalue weighted by Crippen LogP contribution is 2.41. The first-order valence-electron chi connectivity index (χ1n) is 7.56. The fraction of sp³-hybridized carbons (Fsp3) is 0.375. The second-order valence-electron chi connectivity index (χ2n) is 5.95. The van der Waals surface area contributed by atoms with E-state index in [1.807, 2.05) is 36.6 Å². The molecule has 2 aromatic rings. The van der Waals surface area contributed by atoms with Crippen molar-refractivity contribution >= 4 is 33.4 Å². The van der Waals surface area contributed by atoms with Gasteiger partial charge in [0.15, 0.2) is 15.7 Å². The van der Waals surface area contributed by atoms with Crippen LogP contribution in [0.3, 0.4) is 0 Å². The van der Waals surface area contributed by atoms with E-state index in [4.69, 9.17) is 0 Å². The Balaban J connectivity index is 2.40. The normalized spacial score (nSPS) is 18.5. The van der Waals surface area contributed by atoms with Crippen LogP contribution in [0, 0.1) is 0 Å². The van der Waals surface area contributed by atoms with Gasteiger partial charge in [0.05, 0.1) is 0 Å². The molecule has 0 unspecified atom stereocenters. The highest BCUT2D eigenvalue weighted by molar-refractivity contribution is 7.98. The van der Waals surface area contributed by atoms with Crippen LogP contribution in [0.15, 0.2) is 35.5 Å². The lowest BCUT2D eigenvalue weighted by molar-refractivity contribution is 0.0944. The van der Waals surface area contributed by atoms with Crippen LogP contribution in [-0.2, 0) is 10.0 Å². The van der Waals surface area contributed by atoms with Gasteiger partial charge < -0.3 is 0 Å². The van der Waals surface area contributed by atoms with E-state index in [0.29, 0.717) is 10.9 Å². The number of rotatable bonds is 3. The number of benzene rings is 1. The van der Waals surface area contributed by atoms with Crippen molar-refractivity contribution in [2.75, 3.05) is 17.1 Å². The molecule has 1 aliphatic rings. The summed E-state index contributed by atoms with van der Waals surface area (Å²) >= 11 is 1.38. The van der Waals surface area contributed by atoms with Gasteiger partial charge in [-0.1, -0.05) is 30.0 Å². The molecule has 8 heteroatoms. The third-order valence-corrected chi connectivity index (χ3v) is 7.37. The number of fused-ring (bicyclic) bond motifs is 1. The summed E-state index contributed by atoms with van der Waals surface area (Å²) in [7, 11) is -3.81. The molecule has 0 amide bonds. The molecule has 0 atom stereocenters. The van der Waals surface area contributed by atoms with Gasteiger partial charge in [0.25, 0.3) is 0 Å². The SMILES string of the molecule is CCN1c2nc(SC)n(-c3ccccc3)c2C(=O)C(C)(C)S1(=O)=O. The molecule has 6 nitrogen and oxygen atoms in total. The molecule has 0 bridgehead atoms. The lowest BCUT2D eigenvalue weighted by Gasteiger charge is -2.36. The number of hydrogen-bond donors (Lipinski definition) is 0. The number of nitrogens with zero attached hydrogens (tertiary/aromatic N) is 3. The Hall–Kier alpha value is -1.80. The number of carbonyl (C=O) groups excluding carboxylic acids is 1. The average Bonchev–Trinajstić information content (AvgIpc) is 2.93. The zero-order valence-electron chi connectivity index (χ0n) is 14.0. The molecule has 0 saturated carbocycles. The minimum absolute atomic E-state index is 0.218. The van der Waals surface area contributed by atoms with E-state index < -0.39 is 20.6 Å². The third kappa shape index (κ3) is 2.12. The molecule has 0 spiro atoms. The van der Waals surface area contributed by atoms with E-state index in [9.17, 15) is 13.2 Å². The average molecular weight is 365 g/mol. The van der Waals surface area contributed by atoms with Gasteiger partial charge in [-0.2, -0.15) is 0 Å². The zero-order valence-corrected chi connectivity index (χ0v) is 15.6. The number of thioether (sulfide) groups is 1. The second kappa shape index (κ2) is 5.63. The first kappa shape index (κ1) is 17.0. The second-order valence-corrected chi connectivity index (χ2v) is 9.14. The van der Waals surface area contributed by atoms with Crippen molar-refractivity contribution in [3.8, 4) is 5.69 Å². The molecule has 0 aliphatic carbocycles. The van der Waals surface area contributed by atoms with Crippen LogP contribution in [0.2, 0.25) is 0 Å². The summed E-state index contributed by atoms with van der Waals surface area (Å²) in [4.78, 5) is 17.5. The molecule has 24 heavy (non-hydrogen) atoms. The van der Waals surface area contributed by atoms with E-state index in [2.05, 4.69) is 4.98 Å². The van der Waals surface area contributed by atoms with E-state index >= 15 is 0 Å². The number of aromatic nitrogens is 2. The van der Waals surface area contributed by atoms with Crippen molar-refractivity contribution in [1.82, 2.24) is 9.55 Å². The van der Waals surface area contributed by atoms with E-state index in [1.54, 1.807) is 11.5 Å². The van der Waals surface area contributed by atoms with E-state index in [1.165, 1.54) is 29.9 Å². The van der Waals surface area contributed by atoms with Crippen LogP contribution >= 0.6 is 11.8 Å². The lowest BCUT2D eigenvalue weighted by atomic mass is 10.0. The zero-order chi connectivity index (χ0) is 17.7. The van der Waals surface area contributed by atoms with Gasteiger partial charge in [0.1, 0.15) is 5.69 Å². The summed E-state index contributed by atoms with van der Waals surface area (Å²) in [5.41, 5.74) is 1.11. The largest absolute Gasteiger partial charge is 0.290 e. The monoisotopic (exact) mass is 365 g/mol. The predicted molar refractivity (Wildman–Crippen MR) is 95.7 cm³/mol. The maximum atomic E-state index is 13.1. The smallest absolute Gasteiger partial charge is 0.249 e. The molecule has 128 valence electrons. The number of imidazole rings is 1. The molecular weight excluding hydrogens is 346 g/mol. The number of carbonyl (C=O) groups is 1. The fourth-order valence-corrected chi connectivity index (χ4v) is 4.96. The van der Waals surface area contributed by atoms with E-state index in [-0.39, 0.29) is 12.4 Å². The Morgan fingerprint density at radius 3 is 2.38 bits per heavy atom. The molecule has 2 heterocycles. The Morgan fingerprint density at radius 2 is 1.83 bits per heavy atom. The maximum Gasteiger partial charge on any atom is 0.249 e. The van der Waals surface area contributed by atoms with Crippen LogP contribution in [0.5, 0.6) is 0 Å². The molecule has 1 aliphatic heterocycles. The molecule has 0 radical (unpaired) electrons. The van der Waals surface area contributed by atoms with Crippen LogP contribution in [0.1, 0.15) is 31.3 Å². The summed E-state index contributed by atoms with van der Waals surface area (Å²) in [6.45, 7) is 4.88. The van der Waals surface area contributed by atoms with Gasteiger partial charge in [-0.25, -0.2) is 13.4 Å². The van der Waals surface area contributed by atoms with Gasteiger partial charge in [0.2, 0.25) is 15.8 Å². The lowest BCUT2D eigenvalue weighted by Crippen LogP contribution is -2.54. The van der Waals surface area contributed by atoms with Crippen LogP contribution < -0.4 is 4.31 Å². The molecule has 1 aromatic carbocycles. The molecule has 0 saturated heterocycles. The van der Waals surface area contributed by atoms with Crippen molar-refractivity contribution in [2.45, 2.75) is 30.7 Å². The standard InChI is InChI=1S/C16H19N3O3S2/c1-5-18-14-12(13(20)16(2,3)24(18,21)22)19(15(17-14)23-4)11-9-7-6-8-10-11/h6-10H,5H2,1-4H3. The van der Waals surface area contributed by atoms with Crippen LogP contribution in [0.4, 0.5) is 5.82 Å². The van der Waals surface area contributed by atoms with Gasteiger partial charge in [-0.3, -0.25) is 13.7 Å². The van der Waals surface area contributed by atoms with Crippen LogP contribution in [-0.4, -0.2) is 41.3 Å². The Kier molecular flexibility index (Phi) is 4.00. The van der Waals surface area contributed by atoms with Crippen molar-refractivity contribution < 1.29 is 13.2 Å². The topological polar surface area (TPSA) is 72.3 Å². The molecule has 0 fully saturated rings. The van der Waals surface area contributed by atoms with Crippen molar-refractivity contribution in [2.24, 2.45) is 0 Å². The number of Topliss-reactive ketones (excluding diaryl/α,β-unsaturated/α-hetero) is 1. The number of ketones is 1. The minimum Gasteiger partial charge on any atom is -0.290 e. The fourth-order valence-electron chi connectivity index (χ4n) is 2.83. The molecule has 0 N–H and O–H groups in total. The number of para-hydroxylation sites is 1. The summed E-state index contributed by atoms with van der Waals surface area (Å²) < 4.78 is 27.1. The first-order chi connectivity index (χ1) is 11.3. The van der Waals surface area contributed by atoms with Gasteiger partial charge in [-0.05, 0) is 39.2 Å². The van der Waals surface area contributed by atoms with E-state index in [0.717, 1.165) is 5.69 Å². The summed E-state index contributed by atoms with van der Waals surface area (Å²) in [5, 5.41) is 0.589. The molecule has 1 aromatic heterocycles. The minimum atomic E-state index is -3.81. The quantitative estimate of drug-likeness (QED) is 0.782. The third-order valence-electron chi connectivity index (χ3n) is 4.25. The van der Waals surface area contributed by atoms with Gasteiger partial charge in [0, 0.05) is 12.2 Å². The Labute approximate surface area is 145 Å². The van der Waals surface area contributed by atoms with Crippen molar-refractivity contribution in [3.05, 3.63) is 36.0 Å². The number of sulfonamides is 1. The highest BCUT2D eigenvalue weighted by atomic mass is 32.2. The Morgan fingerprint density at radius 1 is 1.21 bits per heavy atom. The van der Waals surface area contributed by atoms with Crippen molar-refractivity contribution in [1.29, 1.82) is 0 Å². The molecular formula is C16H19N3O3S2. The van der Waals surface area contributed by atoms with Gasteiger partial charge in [-0.15, -0.1) is 0 Å². The van der Waals surface area contributed by atoms with Gasteiger partial charge >= 0.3 is 0 Å². The van der Waals surface area contributed by atoms with Crippen molar-refractivity contribution in [3.63, 3.8) is 0 Å². The first-order valence-corrected chi connectivity index (χ1v) is 10.2.